The number of carbonyl (C=O) groups is 1. The molecule has 1 N–H and O–H groups in total. The number of ether oxygens (including phenoxy) is 1. The third-order valence-corrected chi connectivity index (χ3v) is 3.11. The van der Waals surface area contributed by atoms with E-state index in [-0.39, 0.29) is 5.97 Å². The number of nitrogens with one attached hydrogen (secondary N) is 1. The highest BCUT2D eigenvalue weighted by molar-refractivity contribution is 5.70. The van der Waals surface area contributed by atoms with Crippen LogP contribution in [0.3, 0.4) is 0 Å². The first-order valence-electron chi connectivity index (χ1n) is 6.64. The van der Waals surface area contributed by atoms with E-state index in [2.05, 4.69) is 25.5 Å². The maximum absolute atomic E-state index is 11.8. The number of aromatic nitrogens is 4. The minimum Gasteiger partial charge on any atom is -0.460 e. The Balaban J connectivity index is 1.76. The summed E-state index contributed by atoms with van der Waals surface area (Å²) in [5.74, 6) is 0.916. The summed E-state index contributed by atoms with van der Waals surface area (Å²) < 4.78 is 5.35. The van der Waals surface area contributed by atoms with Crippen LogP contribution in [0.5, 0.6) is 0 Å². The molecule has 0 radical (unpaired) electrons. The molecule has 1 aromatic heterocycles. The lowest BCUT2D eigenvalue weighted by Crippen LogP contribution is -2.35. The quantitative estimate of drug-likeness (QED) is 0.827. The molecular formula is C12H21N5O2. The van der Waals surface area contributed by atoms with Crippen molar-refractivity contribution in [1.82, 2.24) is 20.6 Å². The van der Waals surface area contributed by atoms with Crippen LogP contribution in [0, 0.1) is 5.92 Å². The van der Waals surface area contributed by atoms with Crippen LogP contribution in [0.4, 0.5) is 5.95 Å². The first-order valence-corrected chi connectivity index (χ1v) is 6.64. The van der Waals surface area contributed by atoms with Crippen molar-refractivity contribution in [3.63, 3.8) is 0 Å². The minimum absolute atomic E-state index is 0.106. The molecule has 1 aliphatic rings. The van der Waals surface area contributed by atoms with Gasteiger partial charge in [-0.2, -0.15) is 5.21 Å². The van der Waals surface area contributed by atoms with Crippen LogP contribution in [0.2, 0.25) is 0 Å². The number of carbonyl (C=O) groups excluding carboxylic acids is 1. The molecule has 1 fully saturated rings. The number of esters is 1. The zero-order valence-corrected chi connectivity index (χ0v) is 11.7. The van der Waals surface area contributed by atoms with Crippen LogP contribution in [0.25, 0.3) is 0 Å². The number of aromatic amines is 1. The summed E-state index contributed by atoms with van der Waals surface area (Å²) in [7, 11) is 0. The fourth-order valence-electron chi connectivity index (χ4n) is 2.25. The van der Waals surface area contributed by atoms with Gasteiger partial charge < -0.3 is 9.64 Å². The van der Waals surface area contributed by atoms with Gasteiger partial charge >= 0.3 is 5.97 Å². The van der Waals surface area contributed by atoms with Gasteiger partial charge in [0.2, 0.25) is 0 Å². The number of H-pyrrole nitrogens is 1. The monoisotopic (exact) mass is 267 g/mol. The first-order chi connectivity index (χ1) is 8.94. The maximum Gasteiger partial charge on any atom is 0.306 e. The van der Waals surface area contributed by atoms with Gasteiger partial charge in [-0.1, -0.05) is 5.10 Å². The maximum atomic E-state index is 11.8. The fraction of sp³-hybridized carbons (Fsp3) is 0.833. The molecule has 1 aliphatic heterocycles. The number of piperidine rings is 1. The van der Waals surface area contributed by atoms with E-state index < -0.39 is 5.60 Å². The fourth-order valence-corrected chi connectivity index (χ4v) is 2.25. The average molecular weight is 267 g/mol. The summed E-state index contributed by atoms with van der Waals surface area (Å²) in [4.78, 5) is 13.8. The van der Waals surface area contributed by atoms with Crippen molar-refractivity contribution < 1.29 is 9.53 Å². The standard InChI is InChI=1S/C12H21N5O2/c1-12(2,3)19-10(18)8-9-4-6-17(7-5-9)11-13-15-16-14-11/h9H,4-8H2,1-3H3,(H,13,14,15,16). The molecule has 106 valence electrons. The number of anilines is 1. The number of hydrogen-bond acceptors (Lipinski definition) is 6. The smallest absolute Gasteiger partial charge is 0.306 e. The second-order valence-corrected chi connectivity index (χ2v) is 5.93. The van der Waals surface area contributed by atoms with Gasteiger partial charge in [0.1, 0.15) is 5.60 Å². The third kappa shape index (κ3) is 4.18. The van der Waals surface area contributed by atoms with Gasteiger partial charge in [0.15, 0.2) is 0 Å². The van der Waals surface area contributed by atoms with E-state index in [1.165, 1.54) is 0 Å². The van der Waals surface area contributed by atoms with Crippen LogP contribution in [0.15, 0.2) is 0 Å². The molecule has 19 heavy (non-hydrogen) atoms. The Kier molecular flexibility index (Phi) is 4.01. The lowest BCUT2D eigenvalue weighted by atomic mass is 9.94. The summed E-state index contributed by atoms with van der Waals surface area (Å²) >= 11 is 0. The molecule has 7 heteroatoms. The van der Waals surface area contributed by atoms with Crippen molar-refractivity contribution in [2.45, 2.75) is 45.6 Å². The second-order valence-electron chi connectivity index (χ2n) is 5.93. The lowest BCUT2D eigenvalue weighted by Gasteiger charge is -2.31. The average Bonchev–Trinajstić information content (AvgIpc) is 2.80. The molecule has 2 heterocycles. The molecule has 2 rings (SSSR count). The Morgan fingerprint density at radius 2 is 2.11 bits per heavy atom. The predicted octanol–water partition coefficient (Wildman–Crippen LogP) is 1.15. The molecule has 0 aromatic carbocycles. The van der Waals surface area contributed by atoms with Crippen molar-refractivity contribution in [2.24, 2.45) is 5.92 Å². The highest BCUT2D eigenvalue weighted by atomic mass is 16.6. The van der Waals surface area contributed by atoms with Crippen molar-refractivity contribution in [2.75, 3.05) is 18.0 Å². The van der Waals surface area contributed by atoms with Gasteiger partial charge in [-0.3, -0.25) is 4.79 Å². The summed E-state index contributed by atoms with van der Waals surface area (Å²) in [6.45, 7) is 7.39. The van der Waals surface area contributed by atoms with Crippen molar-refractivity contribution in [3.8, 4) is 0 Å². The topological polar surface area (TPSA) is 84.0 Å². The Morgan fingerprint density at radius 1 is 1.42 bits per heavy atom. The highest BCUT2D eigenvalue weighted by Crippen LogP contribution is 2.23. The molecule has 0 saturated carbocycles. The van der Waals surface area contributed by atoms with Gasteiger partial charge in [-0.25, -0.2) is 0 Å². The second kappa shape index (κ2) is 5.54. The summed E-state index contributed by atoms with van der Waals surface area (Å²) in [6.07, 6.45) is 2.40. The van der Waals surface area contributed by atoms with Crippen LogP contribution in [-0.4, -0.2) is 45.3 Å². The van der Waals surface area contributed by atoms with Gasteiger partial charge in [0.05, 0.1) is 0 Å². The van der Waals surface area contributed by atoms with Crippen LogP contribution in [0.1, 0.15) is 40.0 Å². The van der Waals surface area contributed by atoms with Gasteiger partial charge in [0, 0.05) is 19.5 Å². The molecule has 0 spiro atoms. The lowest BCUT2D eigenvalue weighted by molar-refractivity contribution is -0.156. The zero-order valence-electron chi connectivity index (χ0n) is 11.7. The molecule has 0 aliphatic carbocycles. The van der Waals surface area contributed by atoms with Gasteiger partial charge in [-0.05, 0) is 44.7 Å². The van der Waals surface area contributed by atoms with Crippen molar-refractivity contribution in [1.29, 1.82) is 0 Å². The van der Waals surface area contributed by atoms with E-state index in [1.807, 2.05) is 20.8 Å². The molecule has 7 nitrogen and oxygen atoms in total. The van der Waals surface area contributed by atoms with E-state index in [9.17, 15) is 4.79 Å². The van der Waals surface area contributed by atoms with Gasteiger partial charge in [-0.15, -0.1) is 5.10 Å². The number of tetrazole rings is 1. The summed E-state index contributed by atoms with van der Waals surface area (Å²) in [5, 5.41) is 13.9. The van der Waals surface area contributed by atoms with Crippen LogP contribution >= 0.6 is 0 Å². The molecule has 0 amide bonds. The third-order valence-electron chi connectivity index (χ3n) is 3.11. The summed E-state index contributed by atoms with van der Waals surface area (Å²) in [6, 6.07) is 0. The largest absolute Gasteiger partial charge is 0.460 e. The minimum atomic E-state index is -0.400. The number of nitrogens with zero attached hydrogens (tertiary/aromatic N) is 4. The molecule has 0 unspecified atom stereocenters. The molecular weight excluding hydrogens is 246 g/mol. The van der Waals surface area contributed by atoms with E-state index >= 15 is 0 Å². The Morgan fingerprint density at radius 3 is 2.63 bits per heavy atom. The van der Waals surface area contributed by atoms with Crippen molar-refractivity contribution >= 4 is 11.9 Å². The molecule has 0 bridgehead atoms. The van der Waals surface area contributed by atoms with E-state index in [4.69, 9.17) is 4.74 Å². The normalized spacial score (nSPS) is 17.5. The number of hydrogen-bond donors (Lipinski definition) is 1. The molecule has 1 saturated heterocycles. The van der Waals surface area contributed by atoms with E-state index in [0.29, 0.717) is 18.3 Å². The van der Waals surface area contributed by atoms with E-state index in [0.717, 1.165) is 25.9 Å². The molecule has 1 aromatic rings. The van der Waals surface area contributed by atoms with Gasteiger partial charge in [0.25, 0.3) is 5.95 Å². The molecule has 0 atom stereocenters. The van der Waals surface area contributed by atoms with Crippen LogP contribution in [-0.2, 0) is 9.53 Å². The first kappa shape index (κ1) is 13.8. The highest BCUT2D eigenvalue weighted by Gasteiger charge is 2.25. The van der Waals surface area contributed by atoms with Crippen LogP contribution < -0.4 is 4.90 Å². The Bertz CT molecular complexity index is 404. The number of rotatable bonds is 3. The Labute approximate surface area is 112 Å². The Hall–Kier alpha value is -1.66. The predicted molar refractivity (Wildman–Crippen MR) is 69.6 cm³/mol. The van der Waals surface area contributed by atoms with E-state index in [1.54, 1.807) is 0 Å². The summed E-state index contributed by atoms with van der Waals surface area (Å²) in [5.41, 5.74) is -0.400. The SMILES string of the molecule is CC(C)(C)OC(=O)CC1CCN(c2nn[nH]n2)CC1. The zero-order chi connectivity index (χ0) is 13.9. The van der Waals surface area contributed by atoms with Crippen molar-refractivity contribution in [3.05, 3.63) is 0 Å².